The summed E-state index contributed by atoms with van der Waals surface area (Å²) in [6.45, 7) is 0.122. The molecule has 1 unspecified atom stereocenters. The number of rotatable bonds is 3. The summed E-state index contributed by atoms with van der Waals surface area (Å²) in [5, 5.41) is 6.82. The Morgan fingerprint density at radius 2 is 2.16 bits per heavy atom. The van der Waals surface area contributed by atoms with Gasteiger partial charge in [-0.15, -0.1) is 0 Å². The van der Waals surface area contributed by atoms with Crippen LogP contribution in [0, 0.1) is 0 Å². The molecule has 25 heavy (non-hydrogen) atoms. The zero-order valence-electron chi connectivity index (χ0n) is 13.9. The molecule has 3 rings (SSSR count). The van der Waals surface area contributed by atoms with Crippen molar-refractivity contribution < 1.29 is 17.9 Å². The van der Waals surface area contributed by atoms with Crippen LogP contribution in [0.5, 0.6) is 5.88 Å². The highest BCUT2D eigenvalue weighted by Gasteiger charge is 2.35. The predicted octanol–water partition coefficient (Wildman–Crippen LogP) is 0.827. The maximum Gasteiger partial charge on any atom is 0.322 e. The predicted molar refractivity (Wildman–Crippen MR) is 91.1 cm³/mol. The molecule has 10 heteroatoms. The van der Waals surface area contributed by atoms with Crippen LogP contribution in [0.15, 0.2) is 30.7 Å². The number of nitrogens with one attached hydrogen (secondary N) is 1. The molecule has 0 aromatic carbocycles. The van der Waals surface area contributed by atoms with E-state index in [0.29, 0.717) is 17.1 Å². The van der Waals surface area contributed by atoms with Crippen LogP contribution in [0.4, 0.5) is 10.5 Å². The van der Waals surface area contributed by atoms with Gasteiger partial charge in [0.25, 0.3) is 0 Å². The van der Waals surface area contributed by atoms with E-state index in [4.69, 9.17) is 4.74 Å². The minimum Gasteiger partial charge on any atom is -0.481 e. The van der Waals surface area contributed by atoms with Crippen LogP contribution in [0.1, 0.15) is 11.6 Å². The van der Waals surface area contributed by atoms with E-state index in [1.807, 2.05) is 0 Å². The Hall–Kier alpha value is -2.62. The smallest absolute Gasteiger partial charge is 0.322 e. The van der Waals surface area contributed by atoms with E-state index >= 15 is 0 Å². The SMILES string of the molecule is COc1ccc(NC(=O)N2CCS(=O)(=O)CC2c2cnn(C)c2)cn1. The summed E-state index contributed by atoms with van der Waals surface area (Å²) in [5.74, 6) is 0.265. The number of anilines is 1. The normalized spacial score (nSPS) is 19.4. The lowest BCUT2D eigenvalue weighted by Crippen LogP contribution is -2.47. The molecule has 1 N–H and O–H groups in total. The van der Waals surface area contributed by atoms with Crippen molar-refractivity contribution in [3.8, 4) is 5.88 Å². The van der Waals surface area contributed by atoms with Crippen molar-refractivity contribution in [3.05, 3.63) is 36.3 Å². The number of carbonyl (C=O) groups is 1. The molecule has 1 saturated heterocycles. The zero-order valence-corrected chi connectivity index (χ0v) is 14.7. The largest absolute Gasteiger partial charge is 0.481 e. The summed E-state index contributed by atoms with van der Waals surface area (Å²) in [6, 6.07) is 2.35. The first-order valence-electron chi connectivity index (χ1n) is 7.64. The molecular formula is C15H19N5O4S. The number of amides is 2. The maximum atomic E-state index is 12.7. The van der Waals surface area contributed by atoms with Gasteiger partial charge in [0.1, 0.15) is 0 Å². The summed E-state index contributed by atoms with van der Waals surface area (Å²) in [6.07, 6.45) is 4.79. The summed E-state index contributed by atoms with van der Waals surface area (Å²) in [7, 11) is 0.0448. The summed E-state index contributed by atoms with van der Waals surface area (Å²) in [5.41, 5.74) is 1.19. The van der Waals surface area contributed by atoms with E-state index in [1.54, 1.807) is 36.3 Å². The first kappa shape index (κ1) is 17.2. The fourth-order valence-corrected chi connectivity index (χ4v) is 4.20. The molecule has 0 bridgehead atoms. The van der Waals surface area contributed by atoms with Gasteiger partial charge < -0.3 is 15.0 Å². The molecule has 0 radical (unpaired) electrons. The van der Waals surface area contributed by atoms with Gasteiger partial charge in [-0.1, -0.05) is 0 Å². The monoisotopic (exact) mass is 365 g/mol. The van der Waals surface area contributed by atoms with Gasteiger partial charge in [-0.25, -0.2) is 18.2 Å². The second-order valence-electron chi connectivity index (χ2n) is 5.79. The lowest BCUT2D eigenvalue weighted by molar-refractivity contribution is 0.195. The lowest BCUT2D eigenvalue weighted by Gasteiger charge is -2.34. The summed E-state index contributed by atoms with van der Waals surface area (Å²) < 4.78 is 30.6. The standard InChI is InChI=1S/C15H19N5O4S/c1-19-9-11(7-17-19)13-10-25(22,23)6-5-20(13)15(21)18-12-3-4-14(24-2)16-8-12/h3-4,7-9,13H,5-6,10H2,1-2H3,(H,18,21). The van der Waals surface area contributed by atoms with E-state index in [-0.39, 0.29) is 24.1 Å². The van der Waals surface area contributed by atoms with Gasteiger partial charge in [0.05, 0.1) is 42.7 Å². The van der Waals surface area contributed by atoms with Crippen molar-refractivity contribution in [3.63, 3.8) is 0 Å². The molecule has 1 atom stereocenters. The zero-order chi connectivity index (χ0) is 18.0. The number of urea groups is 1. The molecule has 1 aliphatic heterocycles. The molecule has 0 saturated carbocycles. The van der Waals surface area contributed by atoms with Crippen molar-refractivity contribution in [1.29, 1.82) is 0 Å². The van der Waals surface area contributed by atoms with Crippen molar-refractivity contribution in [2.24, 2.45) is 7.05 Å². The van der Waals surface area contributed by atoms with Gasteiger partial charge in [0.2, 0.25) is 5.88 Å². The van der Waals surface area contributed by atoms with Crippen LogP contribution in [-0.4, -0.2) is 59.3 Å². The van der Waals surface area contributed by atoms with E-state index in [9.17, 15) is 13.2 Å². The molecule has 1 fully saturated rings. The van der Waals surface area contributed by atoms with Gasteiger partial charge in [-0.3, -0.25) is 4.68 Å². The van der Waals surface area contributed by atoms with Gasteiger partial charge in [0, 0.05) is 31.4 Å². The molecule has 0 spiro atoms. The number of sulfone groups is 1. The first-order valence-corrected chi connectivity index (χ1v) is 9.47. The number of methoxy groups -OCH3 is 1. The Labute approximate surface area is 145 Å². The Balaban J connectivity index is 1.80. The Bertz CT molecular complexity index is 862. The van der Waals surface area contributed by atoms with Gasteiger partial charge in [0.15, 0.2) is 9.84 Å². The van der Waals surface area contributed by atoms with Crippen LogP contribution in [0.2, 0.25) is 0 Å². The molecule has 0 aliphatic carbocycles. The molecular weight excluding hydrogens is 346 g/mol. The molecule has 3 heterocycles. The van der Waals surface area contributed by atoms with Crippen LogP contribution in [0.25, 0.3) is 0 Å². The highest BCUT2D eigenvalue weighted by atomic mass is 32.2. The van der Waals surface area contributed by atoms with E-state index in [0.717, 1.165) is 0 Å². The molecule has 9 nitrogen and oxygen atoms in total. The number of aromatic nitrogens is 3. The molecule has 1 aliphatic rings. The van der Waals surface area contributed by atoms with Crippen LogP contribution in [0.3, 0.4) is 0 Å². The number of pyridine rings is 1. The van der Waals surface area contributed by atoms with Crippen LogP contribution >= 0.6 is 0 Å². The first-order chi connectivity index (χ1) is 11.9. The molecule has 134 valence electrons. The molecule has 2 aromatic rings. The van der Waals surface area contributed by atoms with Gasteiger partial charge in [-0.05, 0) is 6.07 Å². The minimum absolute atomic E-state index is 0.0575. The van der Waals surface area contributed by atoms with Gasteiger partial charge >= 0.3 is 6.03 Å². The maximum absolute atomic E-state index is 12.7. The second-order valence-corrected chi connectivity index (χ2v) is 8.02. The van der Waals surface area contributed by atoms with Crippen molar-refractivity contribution >= 4 is 21.6 Å². The fourth-order valence-electron chi connectivity index (χ4n) is 2.71. The molecule has 2 aromatic heterocycles. The fraction of sp³-hybridized carbons (Fsp3) is 0.400. The highest BCUT2D eigenvalue weighted by molar-refractivity contribution is 7.91. The summed E-state index contributed by atoms with van der Waals surface area (Å²) in [4.78, 5) is 18.2. The van der Waals surface area contributed by atoms with Crippen LogP contribution < -0.4 is 10.1 Å². The van der Waals surface area contributed by atoms with Crippen molar-refractivity contribution in [2.45, 2.75) is 6.04 Å². The summed E-state index contributed by atoms with van der Waals surface area (Å²) >= 11 is 0. The van der Waals surface area contributed by atoms with Crippen LogP contribution in [-0.2, 0) is 16.9 Å². The number of ether oxygens (including phenoxy) is 1. The Morgan fingerprint density at radius 1 is 1.36 bits per heavy atom. The highest BCUT2D eigenvalue weighted by Crippen LogP contribution is 2.27. The van der Waals surface area contributed by atoms with E-state index < -0.39 is 15.9 Å². The average molecular weight is 365 g/mol. The Morgan fingerprint density at radius 3 is 2.76 bits per heavy atom. The average Bonchev–Trinajstić information content (AvgIpc) is 3.01. The topological polar surface area (TPSA) is 106 Å². The number of hydrogen-bond acceptors (Lipinski definition) is 6. The number of aryl methyl sites for hydroxylation is 1. The van der Waals surface area contributed by atoms with Crippen molar-refractivity contribution in [1.82, 2.24) is 19.7 Å². The van der Waals surface area contributed by atoms with Gasteiger partial charge in [-0.2, -0.15) is 5.10 Å². The quantitative estimate of drug-likeness (QED) is 0.863. The molecule has 2 amide bonds. The number of hydrogen-bond donors (Lipinski definition) is 1. The lowest BCUT2D eigenvalue weighted by atomic mass is 10.1. The minimum atomic E-state index is -3.21. The number of nitrogens with zero attached hydrogens (tertiary/aromatic N) is 4. The number of carbonyl (C=O) groups excluding carboxylic acids is 1. The third-order valence-electron chi connectivity index (χ3n) is 4.00. The third-order valence-corrected chi connectivity index (χ3v) is 5.63. The van der Waals surface area contributed by atoms with E-state index in [1.165, 1.54) is 18.2 Å². The Kier molecular flexibility index (Phi) is 4.62. The third kappa shape index (κ3) is 3.90. The second kappa shape index (κ2) is 6.71. The van der Waals surface area contributed by atoms with E-state index in [2.05, 4.69) is 15.4 Å². The van der Waals surface area contributed by atoms with Crippen molar-refractivity contribution in [2.75, 3.05) is 30.5 Å².